The maximum absolute atomic E-state index is 12.1. The molecule has 0 fully saturated rings. The van der Waals surface area contributed by atoms with E-state index in [-0.39, 0.29) is 5.75 Å². The van der Waals surface area contributed by atoms with Gasteiger partial charge in [-0.3, -0.25) is 0 Å². The Morgan fingerprint density at radius 2 is 1.67 bits per heavy atom. The molecule has 0 saturated carbocycles. The smallest absolute Gasteiger partial charge is 0.406 e. The summed E-state index contributed by atoms with van der Waals surface area (Å²) in [4.78, 5) is 0. The summed E-state index contributed by atoms with van der Waals surface area (Å²) in [6.07, 6.45) is -4.69. The molecule has 5 heteroatoms. The van der Waals surface area contributed by atoms with Crippen molar-refractivity contribution in [1.82, 2.24) is 0 Å². The van der Waals surface area contributed by atoms with E-state index in [1.165, 1.54) is 18.2 Å². The molecule has 0 aliphatic heterocycles. The van der Waals surface area contributed by atoms with E-state index in [0.29, 0.717) is 16.8 Å². The van der Waals surface area contributed by atoms with Crippen LogP contribution < -0.4 is 10.5 Å². The Kier molecular flexibility index (Phi) is 3.14. The maximum atomic E-state index is 12.1. The highest BCUT2D eigenvalue weighted by atomic mass is 19.4. The van der Waals surface area contributed by atoms with Gasteiger partial charge in [-0.2, -0.15) is 0 Å². The SMILES string of the molecule is Nc1ccccc1-c1cccc(OC(F)(F)F)c1. The number of alkyl halides is 3. The molecule has 0 aromatic heterocycles. The Balaban J connectivity index is 2.36. The molecule has 2 N–H and O–H groups in total. The summed E-state index contributed by atoms with van der Waals surface area (Å²) in [7, 11) is 0. The van der Waals surface area contributed by atoms with Gasteiger partial charge in [0, 0.05) is 11.3 Å². The van der Waals surface area contributed by atoms with Crippen molar-refractivity contribution >= 4 is 5.69 Å². The van der Waals surface area contributed by atoms with E-state index in [1.54, 1.807) is 30.3 Å². The fourth-order valence-corrected chi connectivity index (χ4v) is 1.62. The fourth-order valence-electron chi connectivity index (χ4n) is 1.62. The van der Waals surface area contributed by atoms with Crippen LogP contribution in [0.3, 0.4) is 0 Å². The summed E-state index contributed by atoms with van der Waals surface area (Å²) >= 11 is 0. The number of benzene rings is 2. The molecule has 0 aliphatic carbocycles. The van der Waals surface area contributed by atoms with Gasteiger partial charge < -0.3 is 10.5 Å². The lowest BCUT2D eigenvalue weighted by Crippen LogP contribution is -2.17. The molecular weight excluding hydrogens is 243 g/mol. The first kappa shape index (κ1) is 12.3. The molecule has 2 aromatic carbocycles. The number of nitrogens with two attached hydrogens (primary N) is 1. The van der Waals surface area contributed by atoms with E-state index in [0.717, 1.165) is 0 Å². The lowest BCUT2D eigenvalue weighted by atomic mass is 10.0. The molecule has 0 aliphatic rings. The van der Waals surface area contributed by atoms with Gasteiger partial charge in [0.25, 0.3) is 0 Å². The van der Waals surface area contributed by atoms with E-state index in [1.807, 2.05) is 0 Å². The number of para-hydroxylation sites is 1. The second-order valence-electron chi connectivity index (χ2n) is 3.66. The predicted octanol–water partition coefficient (Wildman–Crippen LogP) is 3.83. The second kappa shape index (κ2) is 4.60. The van der Waals surface area contributed by atoms with E-state index < -0.39 is 6.36 Å². The Bertz CT molecular complexity index is 552. The number of anilines is 1. The van der Waals surface area contributed by atoms with Crippen molar-refractivity contribution in [1.29, 1.82) is 0 Å². The van der Waals surface area contributed by atoms with Gasteiger partial charge in [-0.05, 0) is 23.8 Å². The van der Waals surface area contributed by atoms with Crippen molar-refractivity contribution in [2.45, 2.75) is 6.36 Å². The molecule has 2 rings (SSSR count). The summed E-state index contributed by atoms with van der Waals surface area (Å²) in [5.74, 6) is -0.261. The zero-order chi connectivity index (χ0) is 13.2. The summed E-state index contributed by atoms with van der Waals surface area (Å²) in [5, 5.41) is 0. The molecule has 2 aromatic rings. The van der Waals surface area contributed by atoms with Gasteiger partial charge in [0.05, 0.1) is 0 Å². The van der Waals surface area contributed by atoms with Gasteiger partial charge in [-0.25, -0.2) is 0 Å². The largest absolute Gasteiger partial charge is 0.573 e. The molecule has 94 valence electrons. The first-order valence-electron chi connectivity index (χ1n) is 5.16. The van der Waals surface area contributed by atoms with Crippen LogP contribution in [0.15, 0.2) is 48.5 Å². The third-order valence-electron chi connectivity index (χ3n) is 2.34. The summed E-state index contributed by atoms with van der Waals surface area (Å²) in [6.45, 7) is 0. The third-order valence-corrected chi connectivity index (χ3v) is 2.34. The molecule has 0 saturated heterocycles. The molecule has 0 atom stereocenters. The first-order chi connectivity index (χ1) is 8.46. The highest BCUT2D eigenvalue weighted by Crippen LogP contribution is 2.30. The van der Waals surface area contributed by atoms with Crippen LogP contribution in [0.2, 0.25) is 0 Å². The monoisotopic (exact) mass is 253 g/mol. The van der Waals surface area contributed by atoms with Crippen LogP contribution in [0.25, 0.3) is 11.1 Å². The van der Waals surface area contributed by atoms with Crippen molar-refractivity contribution < 1.29 is 17.9 Å². The average molecular weight is 253 g/mol. The number of nitrogen functional groups attached to an aromatic ring is 1. The second-order valence-corrected chi connectivity index (χ2v) is 3.66. The van der Waals surface area contributed by atoms with E-state index in [9.17, 15) is 13.2 Å². The van der Waals surface area contributed by atoms with E-state index in [4.69, 9.17) is 5.73 Å². The van der Waals surface area contributed by atoms with Crippen LogP contribution in [0, 0.1) is 0 Å². The molecule has 0 amide bonds. The maximum Gasteiger partial charge on any atom is 0.573 e. The van der Waals surface area contributed by atoms with Gasteiger partial charge in [-0.15, -0.1) is 13.2 Å². The number of hydrogen-bond donors (Lipinski definition) is 1. The normalized spacial score (nSPS) is 11.3. The molecule has 0 heterocycles. The van der Waals surface area contributed by atoms with Crippen molar-refractivity contribution in [3.8, 4) is 16.9 Å². The van der Waals surface area contributed by atoms with Crippen molar-refractivity contribution in [3.63, 3.8) is 0 Å². The molecular formula is C13H10F3NO. The molecule has 0 bridgehead atoms. The van der Waals surface area contributed by atoms with Gasteiger partial charge in [0.2, 0.25) is 0 Å². The Morgan fingerprint density at radius 3 is 2.33 bits per heavy atom. The minimum absolute atomic E-state index is 0.261. The van der Waals surface area contributed by atoms with Crippen molar-refractivity contribution in [2.75, 3.05) is 5.73 Å². The zero-order valence-electron chi connectivity index (χ0n) is 9.24. The van der Waals surface area contributed by atoms with Crippen LogP contribution in [0.1, 0.15) is 0 Å². The number of halogens is 3. The lowest BCUT2D eigenvalue weighted by molar-refractivity contribution is -0.274. The highest BCUT2D eigenvalue weighted by Gasteiger charge is 2.31. The molecule has 0 unspecified atom stereocenters. The van der Waals surface area contributed by atoms with E-state index in [2.05, 4.69) is 4.74 Å². The Morgan fingerprint density at radius 1 is 0.944 bits per heavy atom. The minimum Gasteiger partial charge on any atom is -0.406 e. The van der Waals surface area contributed by atoms with Crippen molar-refractivity contribution in [2.24, 2.45) is 0 Å². The highest BCUT2D eigenvalue weighted by molar-refractivity contribution is 5.76. The lowest BCUT2D eigenvalue weighted by Gasteiger charge is -2.11. The van der Waals surface area contributed by atoms with Crippen molar-refractivity contribution in [3.05, 3.63) is 48.5 Å². The van der Waals surface area contributed by atoms with Crippen LogP contribution >= 0.6 is 0 Å². The molecule has 2 nitrogen and oxygen atoms in total. The van der Waals surface area contributed by atoms with Crippen LogP contribution in [-0.2, 0) is 0 Å². The number of hydrogen-bond acceptors (Lipinski definition) is 2. The summed E-state index contributed by atoms with van der Waals surface area (Å²) in [5.41, 5.74) is 7.52. The fraction of sp³-hybridized carbons (Fsp3) is 0.0769. The molecule has 0 spiro atoms. The zero-order valence-corrected chi connectivity index (χ0v) is 9.24. The number of rotatable bonds is 2. The Hall–Kier alpha value is -2.17. The van der Waals surface area contributed by atoms with Gasteiger partial charge in [-0.1, -0.05) is 30.3 Å². The third kappa shape index (κ3) is 2.94. The van der Waals surface area contributed by atoms with Gasteiger partial charge in [0.1, 0.15) is 5.75 Å². The summed E-state index contributed by atoms with van der Waals surface area (Å²) in [6, 6.07) is 12.7. The van der Waals surface area contributed by atoms with Crippen LogP contribution in [-0.4, -0.2) is 6.36 Å². The average Bonchev–Trinajstić information content (AvgIpc) is 2.27. The minimum atomic E-state index is -4.69. The topological polar surface area (TPSA) is 35.2 Å². The predicted molar refractivity (Wildman–Crippen MR) is 63.0 cm³/mol. The van der Waals surface area contributed by atoms with Gasteiger partial charge >= 0.3 is 6.36 Å². The number of ether oxygens (including phenoxy) is 1. The van der Waals surface area contributed by atoms with Crippen LogP contribution in [0.4, 0.5) is 18.9 Å². The quantitative estimate of drug-likeness (QED) is 0.825. The molecule has 0 radical (unpaired) electrons. The first-order valence-corrected chi connectivity index (χ1v) is 5.16. The molecule has 18 heavy (non-hydrogen) atoms. The standard InChI is InChI=1S/C13H10F3NO/c14-13(15,16)18-10-5-3-4-9(8-10)11-6-1-2-7-12(11)17/h1-8H,17H2. The van der Waals surface area contributed by atoms with Gasteiger partial charge in [0.15, 0.2) is 0 Å². The Labute approximate surface area is 102 Å². The van der Waals surface area contributed by atoms with E-state index >= 15 is 0 Å². The summed E-state index contributed by atoms with van der Waals surface area (Å²) < 4.78 is 40.2. The van der Waals surface area contributed by atoms with Crippen LogP contribution in [0.5, 0.6) is 5.75 Å².